The topological polar surface area (TPSA) is 41.6 Å². The summed E-state index contributed by atoms with van der Waals surface area (Å²) in [7, 11) is 0. The lowest BCUT2D eigenvalue weighted by atomic mass is 9.85. The molecule has 218 valence electrons. The van der Waals surface area contributed by atoms with Gasteiger partial charge in [0.1, 0.15) is 0 Å². The van der Waals surface area contributed by atoms with Gasteiger partial charge >= 0.3 is 0 Å². The van der Waals surface area contributed by atoms with E-state index < -0.39 is 0 Å². The van der Waals surface area contributed by atoms with E-state index in [2.05, 4.69) is 149 Å². The molecule has 0 unspecified atom stereocenters. The molecular formula is C44H27N3. The van der Waals surface area contributed by atoms with Gasteiger partial charge in [-0.25, -0.2) is 0 Å². The summed E-state index contributed by atoms with van der Waals surface area (Å²) in [6.07, 6.45) is 3.75. The molecule has 0 saturated carbocycles. The molecule has 9 rings (SSSR count). The summed E-state index contributed by atoms with van der Waals surface area (Å²) < 4.78 is 2.24. The predicted molar refractivity (Wildman–Crippen MR) is 195 cm³/mol. The van der Waals surface area contributed by atoms with Gasteiger partial charge in [0.25, 0.3) is 0 Å². The molecule has 0 N–H and O–H groups in total. The van der Waals surface area contributed by atoms with Gasteiger partial charge in [-0.05, 0) is 91.3 Å². The largest absolute Gasteiger partial charge is 0.309 e. The van der Waals surface area contributed by atoms with Gasteiger partial charge in [-0.2, -0.15) is 5.26 Å². The van der Waals surface area contributed by atoms with Crippen molar-refractivity contribution < 1.29 is 0 Å². The van der Waals surface area contributed by atoms with Crippen LogP contribution in [-0.2, 0) is 0 Å². The van der Waals surface area contributed by atoms with Crippen molar-refractivity contribution in [2.24, 2.45) is 0 Å². The summed E-state index contributed by atoms with van der Waals surface area (Å²) in [6, 6.07) is 55.9. The molecular weight excluding hydrogens is 571 g/mol. The van der Waals surface area contributed by atoms with E-state index >= 15 is 0 Å². The maximum Gasteiger partial charge on any atom is 0.0992 e. The van der Waals surface area contributed by atoms with Crippen LogP contribution in [0, 0.1) is 11.3 Å². The fourth-order valence-corrected chi connectivity index (χ4v) is 7.27. The minimum atomic E-state index is 0.617. The number of para-hydroxylation sites is 1. The Balaban J connectivity index is 1.28. The maximum absolute atomic E-state index is 10.2. The van der Waals surface area contributed by atoms with Crippen LogP contribution in [0.3, 0.4) is 0 Å². The molecule has 3 nitrogen and oxygen atoms in total. The van der Waals surface area contributed by atoms with Gasteiger partial charge in [0.15, 0.2) is 0 Å². The Kier molecular flexibility index (Phi) is 6.19. The molecule has 0 aliphatic carbocycles. The highest BCUT2D eigenvalue weighted by Gasteiger charge is 2.18. The average Bonchev–Trinajstić information content (AvgIpc) is 3.48. The molecule has 0 bridgehead atoms. The molecule has 0 aliphatic heterocycles. The molecule has 47 heavy (non-hydrogen) atoms. The predicted octanol–water partition coefficient (Wildman–Crippen LogP) is 11.4. The highest BCUT2D eigenvalue weighted by atomic mass is 15.0. The quantitative estimate of drug-likeness (QED) is 0.189. The number of hydrogen-bond acceptors (Lipinski definition) is 2. The van der Waals surface area contributed by atoms with Crippen molar-refractivity contribution in [2.75, 3.05) is 0 Å². The van der Waals surface area contributed by atoms with Crippen molar-refractivity contribution in [1.82, 2.24) is 9.55 Å². The zero-order valence-electron chi connectivity index (χ0n) is 25.4. The summed E-state index contributed by atoms with van der Waals surface area (Å²) in [5, 5.41) is 17.3. The third kappa shape index (κ3) is 4.31. The number of rotatable bonds is 4. The van der Waals surface area contributed by atoms with Crippen molar-refractivity contribution in [2.45, 2.75) is 0 Å². The van der Waals surface area contributed by atoms with E-state index in [0.29, 0.717) is 5.56 Å². The molecule has 0 saturated heterocycles. The number of pyridine rings is 1. The first-order valence-electron chi connectivity index (χ1n) is 15.8. The van der Waals surface area contributed by atoms with Gasteiger partial charge < -0.3 is 4.57 Å². The fraction of sp³-hybridized carbons (Fsp3) is 0. The van der Waals surface area contributed by atoms with Crippen LogP contribution in [0.25, 0.3) is 82.4 Å². The molecule has 0 atom stereocenters. The minimum Gasteiger partial charge on any atom is -0.309 e. The van der Waals surface area contributed by atoms with Crippen molar-refractivity contribution in [3.8, 4) is 45.1 Å². The van der Waals surface area contributed by atoms with Gasteiger partial charge in [0.05, 0.1) is 22.7 Å². The highest BCUT2D eigenvalue weighted by molar-refractivity contribution is 6.21. The average molecular weight is 598 g/mol. The van der Waals surface area contributed by atoms with Gasteiger partial charge in [-0.1, -0.05) is 115 Å². The summed E-state index contributed by atoms with van der Waals surface area (Å²) in [5.74, 6) is 0. The summed E-state index contributed by atoms with van der Waals surface area (Å²) in [4.78, 5) is 4.41. The Hall–Kier alpha value is -6.50. The van der Waals surface area contributed by atoms with Gasteiger partial charge in [0.2, 0.25) is 0 Å². The van der Waals surface area contributed by atoms with Crippen molar-refractivity contribution in [3.63, 3.8) is 0 Å². The van der Waals surface area contributed by atoms with Gasteiger partial charge in [0, 0.05) is 28.9 Å². The second kappa shape index (κ2) is 10.8. The highest BCUT2D eigenvalue weighted by Crippen LogP contribution is 2.44. The smallest absolute Gasteiger partial charge is 0.0992 e. The van der Waals surface area contributed by atoms with E-state index in [1.54, 1.807) is 0 Å². The van der Waals surface area contributed by atoms with Crippen LogP contribution in [0.1, 0.15) is 5.56 Å². The summed E-state index contributed by atoms with van der Waals surface area (Å²) >= 11 is 0. The fourth-order valence-electron chi connectivity index (χ4n) is 7.27. The maximum atomic E-state index is 10.2. The van der Waals surface area contributed by atoms with E-state index in [9.17, 15) is 5.26 Å². The van der Waals surface area contributed by atoms with E-state index in [-0.39, 0.29) is 0 Å². The van der Waals surface area contributed by atoms with Crippen molar-refractivity contribution in [1.29, 1.82) is 5.26 Å². The number of nitriles is 1. The molecule has 9 aromatic rings. The summed E-state index contributed by atoms with van der Waals surface area (Å²) in [5.41, 5.74) is 10.6. The van der Waals surface area contributed by atoms with Crippen molar-refractivity contribution in [3.05, 3.63) is 170 Å². The molecule has 2 heterocycles. The van der Waals surface area contributed by atoms with Gasteiger partial charge in [-0.15, -0.1) is 0 Å². The third-order valence-corrected chi connectivity index (χ3v) is 9.26. The van der Waals surface area contributed by atoms with Crippen LogP contribution in [0.4, 0.5) is 0 Å². The SMILES string of the molecule is N#Cc1cc(-c2cccc(-c3c4ccccc4c(-c4ccccc4)c4ccccc34)c2)cc(-n2c3ccccc3c3cnccc32)c1. The molecule has 0 radical (unpaired) electrons. The lowest BCUT2D eigenvalue weighted by Gasteiger charge is -2.18. The van der Waals surface area contributed by atoms with Gasteiger partial charge in [-0.3, -0.25) is 4.98 Å². The lowest BCUT2D eigenvalue weighted by molar-refractivity contribution is 1.17. The number of aromatic nitrogens is 2. The molecule has 0 aliphatic rings. The first kappa shape index (κ1) is 26.9. The Bertz CT molecular complexity index is 2580. The third-order valence-electron chi connectivity index (χ3n) is 9.26. The van der Waals surface area contributed by atoms with E-state index in [1.165, 1.54) is 38.2 Å². The van der Waals surface area contributed by atoms with Crippen molar-refractivity contribution >= 4 is 43.4 Å². The Morgan fingerprint density at radius 1 is 0.447 bits per heavy atom. The van der Waals surface area contributed by atoms with Crippen LogP contribution in [0.2, 0.25) is 0 Å². The van der Waals surface area contributed by atoms with Crippen LogP contribution in [-0.4, -0.2) is 9.55 Å². The number of nitrogens with zero attached hydrogens (tertiary/aromatic N) is 3. The van der Waals surface area contributed by atoms with E-state index in [1.807, 2.05) is 30.6 Å². The number of benzene rings is 7. The lowest BCUT2D eigenvalue weighted by Crippen LogP contribution is -1.96. The first-order chi connectivity index (χ1) is 23.3. The second-order valence-corrected chi connectivity index (χ2v) is 11.9. The Morgan fingerprint density at radius 2 is 1.02 bits per heavy atom. The molecule has 0 fully saturated rings. The van der Waals surface area contributed by atoms with Crippen LogP contribution >= 0.6 is 0 Å². The molecule has 7 aromatic carbocycles. The first-order valence-corrected chi connectivity index (χ1v) is 15.8. The standard InChI is InChI=1S/C44H27N3/c45-27-29-23-33(26-34(24-29)47-41-20-9-8-15-35(41)40-28-46-22-21-42(40)47)31-13-10-14-32(25-31)44-38-18-6-4-16-36(38)43(30-11-2-1-3-12-30)37-17-5-7-19-39(37)44/h1-26,28H. The van der Waals surface area contributed by atoms with Crippen LogP contribution in [0.15, 0.2) is 164 Å². The zero-order chi connectivity index (χ0) is 31.3. The summed E-state index contributed by atoms with van der Waals surface area (Å²) in [6.45, 7) is 0. The number of hydrogen-bond donors (Lipinski definition) is 0. The minimum absolute atomic E-state index is 0.617. The second-order valence-electron chi connectivity index (χ2n) is 11.9. The molecule has 3 heteroatoms. The number of fused-ring (bicyclic) bond motifs is 5. The van der Waals surface area contributed by atoms with Crippen LogP contribution in [0.5, 0.6) is 0 Å². The monoisotopic (exact) mass is 597 g/mol. The normalized spacial score (nSPS) is 11.4. The Morgan fingerprint density at radius 3 is 1.72 bits per heavy atom. The molecule has 0 amide bonds. The Labute approximate surface area is 272 Å². The molecule has 0 spiro atoms. The van der Waals surface area contributed by atoms with E-state index in [0.717, 1.165) is 44.2 Å². The van der Waals surface area contributed by atoms with Crippen LogP contribution < -0.4 is 0 Å². The van der Waals surface area contributed by atoms with E-state index in [4.69, 9.17) is 0 Å². The zero-order valence-corrected chi connectivity index (χ0v) is 25.4. The molecule has 2 aromatic heterocycles.